The summed E-state index contributed by atoms with van der Waals surface area (Å²) in [7, 11) is 1.45. The van der Waals surface area contributed by atoms with Gasteiger partial charge in [-0.15, -0.1) is 0 Å². The molecule has 1 aliphatic rings. The Hall–Kier alpha value is -0.570. The Morgan fingerprint density at radius 2 is 2.33 bits per heavy atom. The molecule has 1 heterocycles. The minimum absolute atomic E-state index is 0.00435. The van der Waals surface area contributed by atoms with E-state index in [2.05, 4.69) is 10.1 Å². The summed E-state index contributed by atoms with van der Waals surface area (Å²) in [6.45, 7) is 2.96. The number of nitrogens with one attached hydrogen (secondary N) is 1. The Morgan fingerprint density at radius 3 is 2.83 bits per heavy atom. The molecule has 1 fully saturated rings. The quantitative estimate of drug-likeness (QED) is 0.628. The van der Waals surface area contributed by atoms with Gasteiger partial charge in [0.1, 0.15) is 0 Å². The van der Waals surface area contributed by atoms with E-state index in [1.165, 1.54) is 20.0 Å². The lowest BCUT2D eigenvalue weighted by atomic mass is 9.94. The zero-order valence-corrected chi connectivity index (χ0v) is 7.80. The lowest BCUT2D eigenvalue weighted by molar-refractivity contribution is -0.146. The van der Waals surface area contributed by atoms with Crippen molar-refractivity contribution < 1.29 is 9.53 Å². The maximum absolute atomic E-state index is 11.1. The van der Waals surface area contributed by atoms with Crippen LogP contribution < -0.4 is 5.32 Å². The zero-order chi connectivity index (χ0) is 8.97. The van der Waals surface area contributed by atoms with Crippen LogP contribution in [-0.2, 0) is 9.53 Å². The van der Waals surface area contributed by atoms with Gasteiger partial charge in [-0.25, -0.2) is 0 Å². The zero-order valence-electron chi connectivity index (χ0n) is 7.80. The fourth-order valence-electron chi connectivity index (χ4n) is 1.66. The van der Waals surface area contributed by atoms with Crippen molar-refractivity contribution in [2.75, 3.05) is 13.7 Å². The Balaban J connectivity index is 2.39. The van der Waals surface area contributed by atoms with E-state index in [1.807, 2.05) is 6.92 Å². The third-order valence-corrected chi connectivity index (χ3v) is 2.52. The number of hydrogen-bond acceptors (Lipinski definition) is 3. The van der Waals surface area contributed by atoms with Gasteiger partial charge in [-0.05, 0) is 19.4 Å². The molecule has 1 N–H and O–H groups in total. The molecule has 0 radical (unpaired) electrons. The Labute approximate surface area is 73.5 Å². The lowest BCUT2D eigenvalue weighted by Crippen LogP contribution is -2.42. The SMILES string of the molecule is COC(=O)[C@H](C)[C@@H]1CCCCN1. The number of methoxy groups -OCH3 is 1. The topological polar surface area (TPSA) is 38.3 Å². The summed E-state index contributed by atoms with van der Waals surface area (Å²) < 4.78 is 4.69. The predicted molar refractivity (Wildman–Crippen MR) is 46.8 cm³/mol. The van der Waals surface area contributed by atoms with E-state index >= 15 is 0 Å². The first-order chi connectivity index (χ1) is 5.75. The van der Waals surface area contributed by atoms with Crippen LogP contribution in [0.15, 0.2) is 0 Å². The Bertz CT molecular complexity index is 153. The van der Waals surface area contributed by atoms with Crippen molar-refractivity contribution in [2.24, 2.45) is 5.92 Å². The maximum atomic E-state index is 11.1. The van der Waals surface area contributed by atoms with Crippen LogP contribution in [0.2, 0.25) is 0 Å². The molecule has 3 heteroatoms. The molecule has 3 nitrogen and oxygen atoms in total. The van der Waals surface area contributed by atoms with Crippen molar-refractivity contribution in [3.05, 3.63) is 0 Å². The van der Waals surface area contributed by atoms with Crippen molar-refractivity contribution in [3.8, 4) is 0 Å². The highest BCUT2D eigenvalue weighted by Crippen LogP contribution is 2.15. The number of carbonyl (C=O) groups is 1. The third-order valence-electron chi connectivity index (χ3n) is 2.52. The molecule has 70 valence electrons. The van der Waals surface area contributed by atoms with E-state index in [4.69, 9.17) is 0 Å². The maximum Gasteiger partial charge on any atom is 0.309 e. The van der Waals surface area contributed by atoms with Crippen LogP contribution in [0.5, 0.6) is 0 Å². The lowest BCUT2D eigenvalue weighted by Gasteiger charge is -2.27. The standard InChI is InChI=1S/C9H17NO2/c1-7(9(11)12-2)8-5-3-4-6-10-8/h7-8,10H,3-6H2,1-2H3/t7-,8+/m1/s1. The van der Waals surface area contributed by atoms with Gasteiger partial charge in [0.15, 0.2) is 0 Å². The van der Waals surface area contributed by atoms with Crippen LogP contribution in [0.25, 0.3) is 0 Å². The summed E-state index contributed by atoms with van der Waals surface area (Å²) in [5, 5.41) is 3.33. The molecule has 0 saturated carbocycles. The van der Waals surface area contributed by atoms with Crippen LogP contribution in [0.1, 0.15) is 26.2 Å². The molecular formula is C9H17NO2. The predicted octanol–water partition coefficient (Wildman–Crippen LogP) is 0.938. The summed E-state index contributed by atoms with van der Waals surface area (Å²) in [6, 6.07) is 0.325. The smallest absolute Gasteiger partial charge is 0.309 e. The van der Waals surface area contributed by atoms with Gasteiger partial charge >= 0.3 is 5.97 Å². The number of hydrogen-bond donors (Lipinski definition) is 1. The molecule has 0 amide bonds. The normalized spacial score (nSPS) is 26.3. The van der Waals surface area contributed by atoms with Gasteiger partial charge in [0.2, 0.25) is 0 Å². The van der Waals surface area contributed by atoms with Crippen LogP contribution in [0.3, 0.4) is 0 Å². The Morgan fingerprint density at radius 1 is 1.58 bits per heavy atom. The molecule has 1 saturated heterocycles. The van der Waals surface area contributed by atoms with Gasteiger partial charge in [0.05, 0.1) is 13.0 Å². The highest BCUT2D eigenvalue weighted by Gasteiger charge is 2.25. The van der Waals surface area contributed by atoms with E-state index in [-0.39, 0.29) is 11.9 Å². The highest BCUT2D eigenvalue weighted by molar-refractivity contribution is 5.72. The molecular weight excluding hydrogens is 154 g/mol. The van der Waals surface area contributed by atoms with Gasteiger partial charge in [0, 0.05) is 6.04 Å². The van der Waals surface area contributed by atoms with Gasteiger partial charge < -0.3 is 10.1 Å². The second kappa shape index (κ2) is 4.45. The Kier molecular flexibility index (Phi) is 3.53. The van der Waals surface area contributed by atoms with E-state index in [9.17, 15) is 4.79 Å². The monoisotopic (exact) mass is 171 g/mol. The highest BCUT2D eigenvalue weighted by atomic mass is 16.5. The van der Waals surface area contributed by atoms with Crippen molar-refractivity contribution in [3.63, 3.8) is 0 Å². The number of piperidine rings is 1. The molecule has 0 aromatic rings. The van der Waals surface area contributed by atoms with E-state index in [1.54, 1.807) is 0 Å². The summed E-state index contributed by atoms with van der Waals surface area (Å²) in [6.07, 6.45) is 3.54. The first kappa shape index (κ1) is 9.52. The molecule has 12 heavy (non-hydrogen) atoms. The van der Waals surface area contributed by atoms with Crippen LogP contribution in [0.4, 0.5) is 0 Å². The molecule has 0 aromatic heterocycles. The summed E-state index contributed by atoms with van der Waals surface area (Å²) >= 11 is 0. The molecule has 2 atom stereocenters. The molecule has 1 rings (SSSR count). The van der Waals surface area contributed by atoms with E-state index in [0.29, 0.717) is 6.04 Å². The van der Waals surface area contributed by atoms with Gasteiger partial charge in [-0.3, -0.25) is 4.79 Å². The third kappa shape index (κ3) is 2.21. The summed E-state index contributed by atoms with van der Waals surface area (Å²) in [5.41, 5.74) is 0. The van der Waals surface area contributed by atoms with Crippen LogP contribution in [0, 0.1) is 5.92 Å². The number of carbonyl (C=O) groups excluding carboxylic acids is 1. The van der Waals surface area contributed by atoms with Crippen molar-refractivity contribution in [1.82, 2.24) is 5.32 Å². The molecule has 0 bridgehead atoms. The molecule has 0 aliphatic carbocycles. The first-order valence-electron chi connectivity index (χ1n) is 4.57. The number of ether oxygens (including phenoxy) is 1. The average molecular weight is 171 g/mol. The molecule has 0 unspecified atom stereocenters. The van der Waals surface area contributed by atoms with E-state index < -0.39 is 0 Å². The van der Waals surface area contributed by atoms with Crippen LogP contribution in [-0.4, -0.2) is 25.7 Å². The summed E-state index contributed by atoms with van der Waals surface area (Å²) in [5.74, 6) is -0.107. The average Bonchev–Trinajstić information content (AvgIpc) is 2.17. The first-order valence-corrected chi connectivity index (χ1v) is 4.57. The van der Waals surface area contributed by atoms with Crippen molar-refractivity contribution in [2.45, 2.75) is 32.2 Å². The number of rotatable bonds is 2. The second-order valence-electron chi connectivity index (χ2n) is 3.37. The van der Waals surface area contributed by atoms with Gasteiger partial charge in [-0.1, -0.05) is 13.3 Å². The minimum atomic E-state index is -0.102. The summed E-state index contributed by atoms with van der Waals surface area (Å²) in [4.78, 5) is 11.1. The number of esters is 1. The van der Waals surface area contributed by atoms with E-state index in [0.717, 1.165) is 13.0 Å². The fourth-order valence-corrected chi connectivity index (χ4v) is 1.66. The fraction of sp³-hybridized carbons (Fsp3) is 0.889. The second-order valence-corrected chi connectivity index (χ2v) is 3.37. The minimum Gasteiger partial charge on any atom is -0.469 e. The van der Waals surface area contributed by atoms with Crippen LogP contribution >= 0.6 is 0 Å². The van der Waals surface area contributed by atoms with Gasteiger partial charge in [-0.2, -0.15) is 0 Å². The van der Waals surface area contributed by atoms with Gasteiger partial charge in [0.25, 0.3) is 0 Å². The van der Waals surface area contributed by atoms with Crippen molar-refractivity contribution >= 4 is 5.97 Å². The largest absolute Gasteiger partial charge is 0.469 e. The van der Waals surface area contributed by atoms with Crippen molar-refractivity contribution in [1.29, 1.82) is 0 Å². The molecule has 0 aromatic carbocycles. The molecule has 1 aliphatic heterocycles. The molecule has 0 spiro atoms.